The predicted octanol–water partition coefficient (Wildman–Crippen LogP) is 1.52. The lowest BCUT2D eigenvalue weighted by Crippen LogP contribution is -2.41. The van der Waals surface area contributed by atoms with Crippen LogP contribution in [0, 0.1) is 0 Å². The summed E-state index contributed by atoms with van der Waals surface area (Å²) in [5.41, 5.74) is 6.67. The van der Waals surface area contributed by atoms with E-state index >= 15 is 0 Å². The van der Waals surface area contributed by atoms with Crippen LogP contribution in [0.3, 0.4) is 0 Å². The lowest BCUT2D eigenvalue weighted by molar-refractivity contribution is 0.1000. The summed E-state index contributed by atoms with van der Waals surface area (Å²) in [5, 5.41) is 5.65. The van der Waals surface area contributed by atoms with Gasteiger partial charge in [0.2, 0.25) is 5.91 Å². The minimum Gasteiger partial charge on any atom is -0.468 e. The standard InChI is InChI=1S/C18H24N4O3/c1-22(2)15(16-7-4-10-25-16)12-21-18(24)20-9-8-13-5-3-6-14(11-13)17(19)23/h3-7,10-11,15H,8-9,12H2,1-2H3,(H2,19,23)(H2,20,21,24). The number of nitrogens with one attached hydrogen (secondary N) is 2. The summed E-state index contributed by atoms with van der Waals surface area (Å²) in [7, 11) is 3.86. The van der Waals surface area contributed by atoms with Gasteiger partial charge in [-0.3, -0.25) is 9.69 Å². The summed E-state index contributed by atoms with van der Waals surface area (Å²) in [6.45, 7) is 0.894. The summed E-state index contributed by atoms with van der Waals surface area (Å²) in [4.78, 5) is 25.1. The zero-order valence-corrected chi connectivity index (χ0v) is 14.5. The number of carbonyl (C=O) groups is 2. The molecule has 0 aliphatic heterocycles. The Hall–Kier alpha value is -2.80. The van der Waals surface area contributed by atoms with Crippen molar-refractivity contribution in [3.8, 4) is 0 Å². The first-order valence-corrected chi connectivity index (χ1v) is 8.07. The molecule has 0 saturated carbocycles. The number of urea groups is 1. The molecule has 1 heterocycles. The van der Waals surface area contributed by atoms with Crippen LogP contribution in [0.4, 0.5) is 4.79 Å². The van der Waals surface area contributed by atoms with Crippen LogP contribution in [0.25, 0.3) is 0 Å². The molecule has 2 aromatic rings. The van der Waals surface area contributed by atoms with Gasteiger partial charge in [-0.1, -0.05) is 12.1 Å². The fourth-order valence-electron chi connectivity index (χ4n) is 2.47. The molecule has 1 atom stereocenters. The molecule has 0 saturated heterocycles. The molecule has 0 fully saturated rings. The van der Waals surface area contributed by atoms with Gasteiger partial charge < -0.3 is 20.8 Å². The maximum Gasteiger partial charge on any atom is 0.314 e. The Labute approximate surface area is 147 Å². The lowest BCUT2D eigenvalue weighted by Gasteiger charge is -2.22. The van der Waals surface area contributed by atoms with E-state index in [0.717, 1.165) is 11.3 Å². The van der Waals surface area contributed by atoms with E-state index in [1.54, 1.807) is 24.5 Å². The van der Waals surface area contributed by atoms with Crippen LogP contribution in [0.1, 0.15) is 27.7 Å². The number of hydrogen-bond donors (Lipinski definition) is 3. The van der Waals surface area contributed by atoms with Gasteiger partial charge in [0.1, 0.15) is 5.76 Å². The van der Waals surface area contributed by atoms with Crippen molar-refractivity contribution in [2.45, 2.75) is 12.5 Å². The number of rotatable bonds is 8. The van der Waals surface area contributed by atoms with E-state index < -0.39 is 5.91 Å². The third-order valence-electron chi connectivity index (χ3n) is 3.86. The van der Waals surface area contributed by atoms with Crippen molar-refractivity contribution in [1.82, 2.24) is 15.5 Å². The molecule has 1 unspecified atom stereocenters. The number of furan rings is 1. The minimum absolute atomic E-state index is 0.0343. The van der Waals surface area contributed by atoms with Gasteiger partial charge in [0.05, 0.1) is 12.3 Å². The molecule has 1 aromatic heterocycles. The molecule has 3 amide bonds. The van der Waals surface area contributed by atoms with E-state index in [9.17, 15) is 9.59 Å². The van der Waals surface area contributed by atoms with Crippen LogP contribution in [-0.2, 0) is 6.42 Å². The second kappa shape index (κ2) is 8.89. The van der Waals surface area contributed by atoms with Gasteiger partial charge in [-0.25, -0.2) is 4.79 Å². The number of likely N-dealkylation sites (N-methyl/N-ethyl adjacent to an activating group) is 1. The molecule has 0 spiro atoms. The smallest absolute Gasteiger partial charge is 0.314 e. The molecule has 7 nitrogen and oxygen atoms in total. The monoisotopic (exact) mass is 344 g/mol. The molecular weight excluding hydrogens is 320 g/mol. The van der Waals surface area contributed by atoms with Gasteiger partial charge in [0, 0.05) is 18.7 Å². The molecule has 2 rings (SSSR count). The average molecular weight is 344 g/mol. The number of carbonyl (C=O) groups excluding carboxylic acids is 2. The topological polar surface area (TPSA) is 101 Å². The largest absolute Gasteiger partial charge is 0.468 e. The average Bonchev–Trinajstić information content (AvgIpc) is 3.09. The van der Waals surface area contributed by atoms with E-state index in [4.69, 9.17) is 10.2 Å². The summed E-state index contributed by atoms with van der Waals surface area (Å²) in [6, 6.07) is 10.5. The Morgan fingerprint density at radius 2 is 2.00 bits per heavy atom. The Kier molecular flexibility index (Phi) is 6.59. The van der Waals surface area contributed by atoms with Crippen molar-refractivity contribution in [3.05, 3.63) is 59.5 Å². The SMILES string of the molecule is CN(C)C(CNC(=O)NCCc1cccc(C(N)=O)c1)c1ccco1. The molecule has 4 N–H and O–H groups in total. The Morgan fingerprint density at radius 3 is 2.64 bits per heavy atom. The minimum atomic E-state index is -0.458. The number of amides is 3. The normalized spacial score (nSPS) is 12.0. The first-order valence-electron chi connectivity index (χ1n) is 8.07. The molecule has 0 aliphatic carbocycles. The maximum atomic E-state index is 12.0. The summed E-state index contributed by atoms with van der Waals surface area (Å²) in [6.07, 6.45) is 2.23. The zero-order valence-electron chi connectivity index (χ0n) is 14.5. The van der Waals surface area contributed by atoms with Crippen LogP contribution in [-0.4, -0.2) is 44.0 Å². The Morgan fingerprint density at radius 1 is 1.20 bits per heavy atom. The number of hydrogen-bond acceptors (Lipinski definition) is 4. The first-order chi connectivity index (χ1) is 12.0. The Balaban J connectivity index is 1.77. The second-order valence-electron chi connectivity index (χ2n) is 5.95. The fourth-order valence-corrected chi connectivity index (χ4v) is 2.47. The van der Waals surface area contributed by atoms with E-state index in [0.29, 0.717) is 25.1 Å². The molecular formula is C18H24N4O3. The van der Waals surface area contributed by atoms with E-state index in [2.05, 4.69) is 10.6 Å². The van der Waals surface area contributed by atoms with Crippen molar-refractivity contribution < 1.29 is 14.0 Å². The van der Waals surface area contributed by atoms with Crippen molar-refractivity contribution in [2.24, 2.45) is 5.73 Å². The van der Waals surface area contributed by atoms with E-state index in [1.807, 2.05) is 37.2 Å². The molecule has 1 aromatic carbocycles. The van der Waals surface area contributed by atoms with Gasteiger partial charge in [0.25, 0.3) is 0 Å². The van der Waals surface area contributed by atoms with Crippen LogP contribution >= 0.6 is 0 Å². The first kappa shape index (κ1) is 18.5. The molecule has 0 bridgehead atoms. The zero-order chi connectivity index (χ0) is 18.2. The predicted molar refractivity (Wildman–Crippen MR) is 95.2 cm³/mol. The molecule has 0 aliphatic rings. The highest BCUT2D eigenvalue weighted by Crippen LogP contribution is 2.17. The van der Waals surface area contributed by atoms with Crippen LogP contribution in [0.2, 0.25) is 0 Å². The fraction of sp³-hybridized carbons (Fsp3) is 0.333. The van der Waals surface area contributed by atoms with E-state index in [1.165, 1.54) is 0 Å². The molecule has 7 heteroatoms. The second-order valence-corrected chi connectivity index (χ2v) is 5.95. The number of primary amides is 1. The quantitative estimate of drug-likeness (QED) is 0.676. The van der Waals surface area contributed by atoms with Gasteiger partial charge in [-0.15, -0.1) is 0 Å². The Bertz CT molecular complexity index is 698. The third kappa shape index (κ3) is 5.65. The summed E-state index contributed by atoms with van der Waals surface area (Å²) < 4.78 is 5.41. The number of nitrogens with two attached hydrogens (primary N) is 1. The van der Waals surface area contributed by atoms with E-state index in [-0.39, 0.29) is 12.1 Å². The van der Waals surface area contributed by atoms with Crippen molar-refractivity contribution in [3.63, 3.8) is 0 Å². The highest BCUT2D eigenvalue weighted by molar-refractivity contribution is 5.92. The van der Waals surface area contributed by atoms with Crippen LogP contribution < -0.4 is 16.4 Å². The van der Waals surface area contributed by atoms with Crippen LogP contribution in [0.5, 0.6) is 0 Å². The molecule has 134 valence electrons. The third-order valence-corrected chi connectivity index (χ3v) is 3.86. The van der Waals surface area contributed by atoms with Gasteiger partial charge >= 0.3 is 6.03 Å². The molecule has 25 heavy (non-hydrogen) atoms. The summed E-state index contributed by atoms with van der Waals surface area (Å²) in [5.74, 6) is 0.341. The van der Waals surface area contributed by atoms with Gasteiger partial charge in [-0.2, -0.15) is 0 Å². The summed E-state index contributed by atoms with van der Waals surface area (Å²) >= 11 is 0. The van der Waals surface area contributed by atoms with Crippen molar-refractivity contribution in [2.75, 3.05) is 27.2 Å². The van der Waals surface area contributed by atoms with Gasteiger partial charge in [-0.05, 0) is 50.3 Å². The van der Waals surface area contributed by atoms with Gasteiger partial charge in [0.15, 0.2) is 0 Å². The van der Waals surface area contributed by atoms with Crippen molar-refractivity contribution in [1.29, 1.82) is 0 Å². The highest BCUT2D eigenvalue weighted by Gasteiger charge is 2.17. The molecule has 0 radical (unpaired) electrons. The lowest BCUT2D eigenvalue weighted by atomic mass is 10.1. The maximum absolute atomic E-state index is 12.0. The van der Waals surface area contributed by atoms with Crippen LogP contribution in [0.15, 0.2) is 47.1 Å². The number of nitrogens with zero attached hydrogens (tertiary/aromatic N) is 1. The number of benzene rings is 1. The highest BCUT2D eigenvalue weighted by atomic mass is 16.3. The van der Waals surface area contributed by atoms with Crippen molar-refractivity contribution >= 4 is 11.9 Å².